The normalized spacial score (nSPS) is 19.6. The van der Waals surface area contributed by atoms with Gasteiger partial charge in [-0.3, -0.25) is 9.69 Å². The fourth-order valence-corrected chi connectivity index (χ4v) is 5.06. The minimum atomic E-state index is 0.128. The molecule has 2 fully saturated rings. The molecule has 6 heteroatoms. The number of nitrogens with zero attached hydrogens (tertiary/aromatic N) is 3. The Morgan fingerprint density at radius 3 is 2.57 bits per heavy atom. The number of benzene rings is 2. The highest BCUT2D eigenvalue weighted by molar-refractivity contribution is 7.99. The lowest BCUT2D eigenvalue weighted by Gasteiger charge is -2.35. The van der Waals surface area contributed by atoms with E-state index in [2.05, 4.69) is 11.0 Å². The quantitative estimate of drug-likeness (QED) is 0.665. The molecule has 2 aromatic carbocycles. The Kier molecular flexibility index (Phi) is 7.06. The van der Waals surface area contributed by atoms with Crippen molar-refractivity contribution >= 4 is 17.7 Å². The smallest absolute Gasteiger partial charge is 0.255 e. The highest BCUT2D eigenvalue weighted by Crippen LogP contribution is 2.28. The number of thioether (sulfide) groups is 1. The van der Waals surface area contributed by atoms with Gasteiger partial charge in [0.25, 0.3) is 5.91 Å². The van der Waals surface area contributed by atoms with Crippen LogP contribution in [0.25, 0.3) is 0 Å². The van der Waals surface area contributed by atoms with Crippen LogP contribution in [-0.4, -0.2) is 60.3 Å². The molecule has 2 aliphatic heterocycles. The summed E-state index contributed by atoms with van der Waals surface area (Å²) in [5.41, 5.74) is 2.69. The van der Waals surface area contributed by atoms with Gasteiger partial charge in [0.2, 0.25) is 0 Å². The summed E-state index contributed by atoms with van der Waals surface area (Å²) in [6, 6.07) is 17.9. The van der Waals surface area contributed by atoms with Gasteiger partial charge < -0.3 is 9.64 Å². The summed E-state index contributed by atoms with van der Waals surface area (Å²) >= 11 is 1.74. The van der Waals surface area contributed by atoms with E-state index in [1.54, 1.807) is 11.8 Å². The molecule has 0 radical (unpaired) electrons. The van der Waals surface area contributed by atoms with Crippen LogP contribution in [0.5, 0.6) is 0 Å². The second-order valence-corrected chi connectivity index (χ2v) is 8.88. The van der Waals surface area contributed by atoms with E-state index in [1.807, 2.05) is 53.4 Å². The Morgan fingerprint density at radius 1 is 1.10 bits per heavy atom. The molecule has 0 spiro atoms. The average molecular weight is 422 g/mol. The van der Waals surface area contributed by atoms with Gasteiger partial charge in [0.05, 0.1) is 23.3 Å². The molecule has 1 unspecified atom stereocenters. The lowest BCUT2D eigenvalue weighted by molar-refractivity contribution is 0.0625. The summed E-state index contributed by atoms with van der Waals surface area (Å²) in [4.78, 5) is 18.6. The van der Waals surface area contributed by atoms with Crippen molar-refractivity contribution in [1.29, 1.82) is 5.26 Å². The Labute approximate surface area is 182 Å². The van der Waals surface area contributed by atoms with E-state index in [0.29, 0.717) is 11.7 Å². The van der Waals surface area contributed by atoms with Crippen molar-refractivity contribution in [2.75, 3.05) is 38.5 Å². The van der Waals surface area contributed by atoms with Crippen LogP contribution >= 0.6 is 11.8 Å². The summed E-state index contributed by atoms with van der Waals surface area (Å²) in [6.45, 7) is 4.90. The first-order chi connectivity index (χ1) is 14.7. The topological polar surface area (TPSA) is 56.6 Å². The van der Waals surface area contributed by atoms with Gasteiger partial charge in [0.1, 0.15) is 0 Å². The van der Waals surface area contributed by atoms with Gasteiger partial charge in [-0.15, -0.1) is 11.8 Å². The fraction of sp³-hybridized carbons (Fsp3) is 0.417. The van der Waals surface area contributed by atoms with Crippen LogP contribution in [0.2, 0.25) is 0 Å². The number of carbonyl (C=O) groups is 1. The molecule has 2 aliphatic rings. The second kappa shape index (κ2) is 10.1. The summed E-state index contributed by atoms with van der Waals surface area (Å²) in [6.07, 6.45) is 2.56. The molecule has 0 N–H and O–H groups in total. The third kappa shape index (κ3) is 5.23. The van der Waals surface area contributed by atoms with Crippen LogP contribution in [0.3, 0.4) is 0 Å². The van der Waals surface area contributed by atoms with Gasteiger partial charge in [0, 0.05) is 50.0 Å². The van der Waals surface area contributed by atoms with Crippen molar-refractivity contribution in [1.82, 2.24) is 9.80 Å². The molecule has 5 nitrogen and oxygen atoms in total. The maximum Gasteiger partial charge on any atom is 0.255 e. The average Bonchev–Trinajstić information content (AvgIpc) is 3.32. The molecule has 0 aromatic heterocycles. The third-order valence-electron chi connectivity index (χ3n) is 5.71. The number of hydrogen-bond donors (Lipinski definition) is 0. The van der Waals surface area contributed by atoms with Crippen molar-refractivity contribution in [2.45, 2.75) is 30.4 Å². The number of carbonyl (C=O) groups excluding carboxylic acids is 1. The zero-order chi connectivity index (χ0) is 20.8. The van der Waals surface area contributed by atoms with Crippen LogP contribution in [0.4, 0.5) is 0 Å². The van der Waals surface area contributed by atoms with Gasteiger partial charge in [-0.2, -0.15) is 5.26 Å². The molecule has 1 atom stereocenters. The predicted molar refractivity (Wildman–Crippen MR) is 118 cm³/mol. The van der Waals surface area contributed by atoms with Gasteiger partial charge in [-0.05, 0) is 42.7 Å². The number of piperazine rings is 1. The molecule has 0 saturated carbocycles. The molecule has 2 heterocycles. The van der Waals surface area contributed by atoms with E-state index in [9.17, 15) is 4.79 Å². The molecule has 2 aromatic rings. The predicted octanol–water partition coefficient (Wildman–Crippen LogP) is 3.79. The standard InChI is InChI=1S/C24H27N3O2S/c25-16-19-7-9-20(10-8-19)17-26-11-13-27(14-12-26)24(28)22-5-1-2-6-23(22)30-18-21-4-3-15-29-21/h1-2,5-10,21H,3-4,11-15,17-18H2. The van der Waals surface area contributed by atoms with E-state index >= 15 is 0 Å². The largest absolute Gasteiger partial charge is 0.377 e. The zero-order valence-corrected chi connectivity index (χ0v) is 17.9. The van der Waals surface area contributed by atoms with Crippen LogP contribution in [0.15, 0.2) is 53.4 Å². The third-order valence-corrected chi connectivity index (χ3v) is 6.92. The van der Waals surface area contributed by atoms with E-state index in [1.165, 1.54) is 5.56 Å². The van der Waals surface area contributed by atoms with Crippen molar-refractivity contribution in [2.24, 2.45) is 0 Å². The van der Waals surface area contributed by atoms with Gasteiger partial charge >= 0.3 is 0 Å². The SMILES string of the molecule is N#Cc1ccc(CN2CCN(C(=O)c3ccccc3SCC3CCCO3)CC2)cc1. The lowest BCUT2D eigenvalue weighted by atomic mass is 10.1. The minimum absolute atomic E-state index is 0.128. The maximum atomic E-state index is 13.2. The van der Waals surface area contributed by atoms with Crippen LogP contribution < -0.4 is 0 Å². The number of amides is 1. The number of hydrogen-bond acceptors (Lipinski definition) is 5. The molecule has 4 rings (SSSR count). The molecular formula is C24H27N3O2S. The molecule has 156 valence electrons. The maximum absolute atomic E-state index is 13.2. The van der Waals surface area contributed by atoms with Crippen LogP contribution in [0.1, 0.15) is 34.3 Å². The summed E-state index contributed by atoms with van der Waals surface area (Å²) in [7, 11) is 0. The monoisotopic (exact) mass is 421 g/mol. The number of nitriles is 1. The van der Waals surface area contributed by atoms with Crippen LogP contribution in [0, 0.1) is 11.3 Å². The molecular weight excluding hydrogens is 394 g/mol. The second-order valence-electron chi connectivity index (χ2n) is 7.82. The first-order valence-electron chi connectivity index (χ1n) is 10.6. The van der Waals surface area contributed by atoms with Gasteiger partial charge in [-0.1, -0.05) is 24.3 Å². The minimum Gasteiger partial charge on any atom is -0.377 e. The molecule has 30 heavy (non-hydrogen) atoms. The highest BCUT2D eigenvalue weighted by Gasteiger charge is 2.24. The summed E-state index contributed by atoms with van der Waals surface area (Å²) in [5.74, 6) is 1.03. The van der Waals surface area contributed by atoms with E-state index in [0.717, 1.165) is 68.4 Å². The Morgan fingerprint density at radius 2 is 1.87 bits per heavy atom. The Bertz CT molecular complexity index is 895. The fourth-order valence-electron chi connectivity index (χ4n) is 3.95. The van der Waals surface area contributed by atoms with Crippen LogP contribution in [-0.2, 0) is 11.3 Å². The Balaban J connectivity index is 1.32. The summed E-state index contributed by atoms with van der Waals surface area (Å²) in [5, 5.41) is 8.93. The molecule has 0 aliphatic carbocycles. The Hall–Kier alpha value is -2.33. The molecule has 0 bridgehead atoms. The molecule has 1 amide bonds. The first kappa shape index (κ1) is 20.9. The van der Waals surface area contributed by atoms with Crippen molar-refractivity contribution in [3.05, 3.63) is 65.2 Å². The van der Waals surface area contributed by atoms with E-state index in [4.69, 9.17) is 10.00 Å². The highest BCUT2D eigenvalue weighted by atomic mass is 32.2. The first-order valence-corrected chi connectivity index (χ1v) is 11.6. The zero-order valence-electron chi connectivity index (χ0n) is 17.1. The summed E-state index contributed by atoms with van der Waals surface area (Å²) < 4.78 is 5.73. The van der Waals surface area contributed by atoms with E-state index in [-0.39, 0.29) is 5.91 Å². The van der Waals surface area contributed by atoms with Gasteiger partial charge in [-0.25, -0.2) is 0 Å². The van der Waals surface area contributed by atoms with Crippen molar-refractivity contribution < 1.29 is 9.53 Å². The molecule has 2 saturated heterocycles. The van der Waals surface area contributed by atoms with Crippen molar-refractivity contribution in [3.63, 3.8) is 0 Å². The van der Waals surface area contributed by atoms with E-state index < -0.39 is 0 Å². The van der Waals surface area contributed by atoms with Gasteiger partial charge in [0.15, 0.2) is 0 Å². The number of rotatable bonds is 6. The number of ether oxygens (including phenoxy) is 1. The van der Waals surface area contributed by atoms with Crippen molar-refractivity contribution in [3.8, 4) is 6.07 Å². The lowest BCUT2D eigenvalue weighted by Crippen LogP contribution is -2.48.